The van der Waals surface area contributed by atoms with E-state index >= 15 is 0 Å². The van der Waals surface area contributed by atoms with Gasteiger partial charge in [0.05, 0.1) is 13.7 Å². The summed E-state index contributed by atoms with van der Waals surface area (Å²) in [5.74, 6) is 0.742. The van der Waals surface area contributed by atoms with Crippen molar-refractivity contribution in [1.29, 1.82) is 0 Å². The average Bonchev–Trinajstić information content (AvgIpc) is 2.80. The van der Waals surface area contributed by atoms with Gasteiger partial charge in [-0.05, 0) is 68.5 Å². The number of hydrogen-bond donors (Lipinski definition) is 3. The molecule has 0 bridgehead atoms. The van der Waals surface area contributed by atoms with E-state index in [9.17, 15) is 9.59 Å². The fraction of sp³-hybridized carbons (Fsp3) is 0.250. The van der Waals surface area contributed by atoms with Crippen LogP contribution < -0.4 is 20.7 Å². The largest absolute Gasteiger partial charge is 0.497 e. The van der Waals surface area contributed by atoms with Crippen LogP contribution in [-0.2, 0) is 11.2 Å². The smallest absolute Gasteiger partial charge is 0.270 e. The van der Waals surface area contributed by atoms with Crippen LogP contribution in [0.25, 0.3) is 0 Å². The molecule has 0 aliphatic carbocycles. The lowest BCUT2D eigenvalue weighted by atomic mass is 10.1. The second kappa shape index (κ2) is 11.6. The molecular weight excluding hydrogens is 420 g/mol. The lowest BCUT2D eigenvalue weighted by Crippen LogP contribution is -2.27. The van der Waals surface area contributed by atoms with Crippen molar-refractivity contribution in [2.45, 2.75) is 6.42 Å². The molecule has 1 aromatic heterocycles. The van der Waals surface area contributed by atoms with Crippen molar-refractivity contribution in [3.05, 3.63) is 72.1 Å². The Morgan fingerprint density at radius 2 is 1.67 bits per heavy atom. The fourth-order valence-corrected chi connectivity index (χ4v) is 3.00. The van der Waals surface area contributed by atoms with Crippen LogP contribution in [-0.4, -0.2) is 61.0 Å². The Morgan fingerprint density at radius 1 is 0.970 bits per heavy atom. The number of carbonyl (C=O) groups is 2. The third-order valence-corrected chi connectivity index (χ3v) is 4.63. The van der Waals surface area contributed by atoms with Crippen molar-refractivity contribution in [2.75, 3.05) is 44.9 Å². The molecule has 2 amide bonds. The van der Waals surface area contributed by atoms with Gasteiger partial charge in [0, 0.05) is 24.1 Å². The minimum Gasteiger partial charge on any atom is -0.497 e. The average molecular weight is 449 g/mol. The third-order valence-electron chi connectivity index (χ3n) is 4.63. The van der Waals surface area contributed by atoms with Crippen molar-refractivity contribution < 1.29 is 14.3 Å². The number of aromatic nitrogens is 2. The Kier molecular flexibility index (Phi) is 8.31. The predicted octanol–water partition coefficient (Wildman–Crippen LogP) is 2.70. The molecule has 0 radical (unpaired) electrons. The van der Waals surface area contributed by atoms with E-state index in [0.29, 0.717) is 25.5 Å². The number of amides is 2. The van der Waals surface area contributed by atoms with Gasteiger partial charge in [0.2, 0.25) is 11.9 Å². The zero-order valence-electron chi connectivity index (χ0n) is 19.0. The fourth-order valence-electron chi connectivity index (χ4n) is 3.00. The second-order valence-electron chi connectivity index (χ2n) is 7.61. The summed E-state index contributed by atoms with van der Waals surface area (Å²) in [4.78, 5) is 34.6. The third kappa shape index (κ3) is 7.58. The first kappa shape index (κ1) is 23.7. The molecule has 1 heterocycles. The van der Waals surface area contributed by atoms with E-state index in [0.717, 1.165) is 22.7 Å². The van der Waals surface area contributed by atoms with Crippen LogP contribution in [0.15, 0.2) is 60.8 Å². The number of carbonyl (C=O) groups excluding carboxylic acids is 2. The highest BCUT2D eigenvalue weighted by Crippen LogP contribution is 2.17. The number of benzene rings is 2. The first-order chi connectivity index (χ1) is 15.9. The molecule has 0 spiro atoms. The molecule has 0 saturated heterocycles. The Morgan fingerprint density at radius 3 is 2.33 bits per heavy atom. The number of anilines is 3. The number of likely N-dealkylation sites (N-methyl/N-ethyl adjacent to an activating group) is 1. The highest BCUT2D eigenvalue weighted by molar-refractivity contribution is 5.93. The molecule has 0 fully saturated rings. The van der Waals surface area contributed by atoms with Crippen LogP contribution in [0, 0.1) is 0 Å². The minimum atomic E-state index is -0.275. The van der Waals surface area contributed by atoms with Crippen LogP contribution >= 0.6 is 0 Å². The topological polar surface area (TPSA) is 108 Å². The molecule has 3 N–H and O–H groups in total. The van der Waals surface area contributed by atoms with Gasteiger partial charge in [0.1, 0.15) is 11.4 Å². The summed E-state index contributed by atoms with van der Waals surface area (Å²) >= 11 is 0. The summed E-state index contributed by atoms with van der Waals surface area (Å²) in [5, 5.41) is 8.79. The summed E-state index contributed by atoms with van der Waals surface area (Å²) in [6, 6.07) is 16.5. The SMILES string of the molecule is COc1ccc(Nc2nccc(C(=O)NCCc3ccc(NC(=O)CN(C)C)cc3)n2)cc1. The first-order valence-electron chi connectivity index (χ1n) is 10.5. The first-order valence-corrected chi connectivity index (χ1v) is 10.5. The summed E-state index contributed by atoms with van der Waals surface area (Å²) < 4.78 is 5.14. The molecule has 2 aromatic carbocycles. The Hall–Kier alpha value is -3.98. The summed E-state index contributed by atoms with van der Waals surface area (Å²) in [6.07, 6.45) is 2.19. The van der Waals surface area contributed by atoms with Crippen molar-refractivity contribution in [1.82, 2.24) is 20.2 Å². The van der Waals surface area contributed by atoms with Gasteiger partial charge in [0.25, 0.3) is 5.91 Å². The molecule has 9 nitrogen and oxygen atoms in total. The van der Waals surface area contributed by atoms with Crippen LogP contribution in [0.1, 0.15) is 16.1 Å². The summed E-state index contributed by atoms with van der Waals surface area (Å²) in [7, 11) is 5.29. The molecule has 33 heavy (non-hydrogen) atoms. The van der Waals surface area contributed by atoms with E-state index in [2.05, 4.69) is 25.9 Å². The van der Waals surface area contributed by atoms with Gasteiger partial charge < -0.3 is 25.6 Å². The number of ether oxygens (including phenoxy) is 1. The van der Waals surface area contributed by atoms with E-state index in [1.54, 1.807) is 13.2 Å². The van der Waals surface area contributed by atoms with E-state index in [4.69, 9.17) is 4.74 Å². The minimum absolute atomic E-state index is 0.0642. The highest BCUT2D eigenvalue weighted by Gasteiger charge is 2.09. The lowest BCUT2D eigenvalue weighted by molar-refractivity contribution is -0.116. The summed E-state index contributed by atoms with van der Waals surface area (Å²) in [6.45, 7) is 0.782. The van der Waals surface area contributed by atoms with E-state index in [-0.39, 0.29) is 17.5 Å². The molecule has 0 atom stereocenters. The van der Waals surface area contributed by atoms with Gasteiger partial charge in [-0.15, -0.1) is 0 Å². The van der Waals surface area contributed by atoms with Gasteiger partial charge in [-0.25, -0.2) is 9.97 Å². The molecule has 0 aliphatic rings. The number of hydrogen-bond acceptors (Lipinski definition) is 7. The Labute approximate surface area is 193 Å². The van der Waals surface area contributed by atoms with Gasteiger partial charge in [-0.2, -0.15) is 0 Å². The van der Waals surface area contributed by atoms with Crippen LogP contribution in [0.4, 0.5) is 17.3 Å². The Balaban J connectivity index is 1.48. The van der Waals surface area contributed by atoms with Crippen LogP contribution in [0.3, 0.4) is 0 Å². The maximum Gasteiger partial charge on any atom is 0.270 e. The van der Waals surface area contributed by atoms with E-state index < -0.39 is 0 Å². The maximum atomic E-state index is 12.5. The number of methoxy groups -OCH3 is 1. The number of nitrogens with one attached hydrogen (secondary N) is 3. The second-order valence-corrected chi connectivity index (χ2v) is 7.61. The van der Waals surface area contributed by atoms with Gasteiger partial charge in [-0.3, -0.25) is 9.59 Å². The molecule has 0 aliphatic heterocycles. The highest BCUT2D eigenvalue weighted by atomic mass is 16.5. The maximum absolute atomic E-state index is 12.5. The molecule has 9 heteroatoms. The van der Waals surface area contributed by atoms with E-state index in [1.807, 2.05) is 67.5 Å². The molecule has 0 saturated carbocycles. The lowest BCUT2D eigenvalue weighted by Gasteiger charge is -2.11. The monoisotopic (exact) mass is 448 g/mol. The number of rotatable bonds is 10. The van der Waals surface area contributed by atoms with Gasteiger partial charge >= 0.3 is 0 Å². The molecule has 0 unspecified atom stereocenters. The molecule has 172 valence electrons. The quantitative estimate of drug-likeness (QED) is 0.438. The zero-order chi connectivity index (χ0) is 23.6. The summed E-state index contributed by atoms with van der Waals surface area (Å²) in [5.41, 5.74) is 2.85. The molecular formula is C24H28N6O3. The van der Waals surface area contributed by atoms with Crippen LogP contribution in [0.2, 0.25) is 0 Å². The molecule has 3 rings (SSSR count). The zero-order valence-corrected chi connectivity index (χ0v) is 19.0. The molecule has 3 aromatic rings. The van der Waals surface area contributed by atoms with E-state index in [1.165, 1.54) is 6.20 Å². The van der Waals surface area contributed by atoms with Gasteiger partial charge in [-0.1, -0.05) is 12.1 Å². The number of nitrogens with zero attached hydrogens (tertiary/aromatic N) is 3. The normalized spacial score (nSPS) is 10.5. The van der Waals surface area contributed by atoms with Crippen molar-refractivity contribution in [2.24, 2.45) is 0 Å². The van der Waals surface area contributed by atoms with Gasteiger partial charge in [0.15, 0.2) is 0 Å². The van der Waals surface area contributed by atoms with Crippen molar-refractivity contribution >= 4 is 29.1 Å². The predicted molar refractivity (Wildman–Crippen MR) is 128 cm³/mol. The Bertz CT molecular complexity index is 1070. The standard InChI is InChI=1S/C24H28N6O3/c1-30(2)16-22(31)27-18-6-4-17(5-7-18)12-14-25-23(32)21-13-15-26-24(29-21)28-19-8-10-20(33-3)11-9-19/h4-11,13,15H,12,14,16H2,1-3H3,(H,25,32)(H,27,31)(H,26,28,29). The van der Waals surface area contributed by atoms with Crippen LogP contribution in [0.5, 0.6) is 5.75 Å². The van der Waals surface area contributed by atoms with Crippen molar-refractivity contribution in [3.63, 3.8) is 0 Å². The van der Waals surface area contributed by atoms with Crippen molar-refractivity contribution in [3.8, 4) is 5.75 Å².